The maximum atomic E-state index is 13.7. The number of carbonyl (C=O) groups is 2. The van der Waals surface area contributed by atoms with Gasteiger partial charge in [0.25, 0.3) is 0 Å². The minimum atomic E-state index is -1.08. The molecule has 0 saturated carbocycles. The smallest absolute Gasteiger partial charge is 0.328 e. The molecule has 1 heterocycles. The van der Waals surface area contributed by atoms with Crippen LogP contribution < -0.4 is 0 Å². The number of halogens is 1. The van der Waals surface area contributed by atoms with Crippen LogP contribution in [0, 0.1) is 5.82 Å². The molecule has 1 aliphatic rings. The van der Waals surface area contributed by atoms with Crippen LogP contribution in [-0.4, -0.2) is 47.7 Å². The molecule has 21 heavy (non-hydrogen) atoms. The number of carboxylic acid groups (broad SMARTS) is 1. The zero-order chi connectivity index (χ0) is 15.4. The van der Waals surface area contributed by atoms with E-state index in [0.29, 0.717) is 12.2 Å². The van der Waals surface area contributed by atoms with Gasteiger partial charge < -0.3 is 14.7 Å². The molecule has 114 valence electrons. The van der Waals surface area contributed by atoms with Gasteiger partial charge in [-0.05, 0) is 17.5 Å². The predicted molar refractivity (Wildman–Crippen MR) is 73.4 cm³/mol. The van der Waals surface area contributed by atoms with E-state index in [1.807, 2.05) is 0 Å². The molecule has 1 aromatic carbocycles. The van der Waals surface area contributed by atoms with Crippen molar-refractivity contribution in [3.8, 4) is 0 Å². The van der Waals surface area contributed by atoms with Crippen LogP contribution in [0.4, 0.5) is 4.39 Å². The quantitative estimate of drug-likeness (QED) is 0.917. The van der Waals surface area contributed by atoms with Crippen molar-refractivity contribution in [1.82, 2.24) is 4.90 Å². The van der Waals surface area contributed by atoms with Gasteiger partial charge in [-0.3, -0.25) is 4.79 Å². The lowest BCUT2D eigenvalue weighted by atomic mass is 9.96. The molecule has 2 atom stereocenters. The lowest BCUT2D eigenvalue weighted by molar-refractivity contribution is -0.158. The molecule has 0 spiro atoms. The molecule has 1 aliphatic heterocycles. The van der Waals surface area contributed by atoms with Gasteiger partial charge in [0.05, 0.1) is 13.2 Å². The molecule has 0 aliphatic carbocycles. The first-order valence-electron chi connectivity index (χ1n) is 6.85. The van der Waals surface area contributed by atoms with E-state index in [1.54, 1.807) is 25.1 Å². The summed E-state index contributed by atoms with van der Waals surface area (Å²) in [6, 6.07) is 5.34. The Morgan fingerprint density at radius 2 is 2.19 bits per heavy atom. The first-order valence-corrected chi connectivity index (χ1v) is 6.85. The van der Waals surface area contributed by atoms with Gasteiger partial charge in [0.1, 0.15) is 5.82 Å². The minimum absolute atomic E-state index is 0.00481. The third kappa shape index (κ3) is 3.58. The Labute approximate surface area is 122 Å². The van der Waals surface area contributed by atoms with Gasteiger partial charge in [-0.2, -0.15) is 0 Å². The fourth-order valence-electron chi connectivity index (χ4n) is 2.47. The van der Waals surface area contributed by atoms with Gasteiger partial charge in [-0.1, -0.05) is 25.1 Å². The number of amides is 1. The van der Waals surface area contributed by atoms with Crippen molar-refractivity contribution in [2.45, 2.75) is 25.3 Å². The molecule has 1 N–H and O–H groups in total. The number of ether oxygens (including phenoxy) is 1. The summed E-state index contributed by atoms with van der Waals surface area (Å²) in [6.45, 7) is 2.32. The molecular weight excluding hydrogens is 277 g/mol. The monoisotopic (exact) mass is 295 g/mol. The lowest BCUT2D eigenvalue weighted by Gasteiger charge is -2.33. The van der Waals surface area contributed by atoms with Crippen LogP contribution in [0.25, 0.3) is 0 Å². The van der Waals surface area contributed by atoms with Crippen molar-refractivity contribution in [3.63, 3.8) is 0 Å². The van der Waals surface area contributed by atoms with E-state index in [1.165, 1.54) is 11.0 Å². The molecule has 0 radical (unpaired) electrons. The van der Waals surface area contributed by atoms with E-state index in [2.05, 4.69) is 0 Å². The van der Waals surface area contributed by atoms with Gasteiger partial charge in [0.15, 0.2) is 6.04 Å². The number of rotatable bonds is 4. The zero-order valence-electron chi connectivity index (χ0n) is 11.8. The number of carboxylic acids is 1. The molecule has 2 rings (SSSR count). The first-order chi connectivity index (χ1) is 10.0. The van der Waals surface area contributed by atoms with Crippen molar-refractivity contribution >= 4 is 11.9 Å². The molecule has 6 heteroatoms. The summed E-state index contributed by atoms with van der Waals surface area (Å²) < 4.78 is 18.8. The van der Waals surface area contributed by atoms with E-state index in [0.717, 1.165) is 0 Å². The average Bonchev–Trinajstić information content (AvgIpc) is 2.47. The normalized spacial score (nSPS) is 20.1. The van der Waals surface area contributed by atoms with Gasteiger partial charge in [-0.15, -0.1) is 0 Å². The molecule has 1 amide bonds. The third-order valence-electron chi connectivity index (χ3n) is 3.65. The lowest BCUT2D eigenvalue weighted by Crippen LogP contribution is -2.52. The Morgan fingerprint density at radius 3 is 2.86 bits per heavy atom. The number of aliphatic carboxylic acids is 1. The standard InChI is InChI=1S/C15H18FNO4/c1-10(11-4-2-3-5-12(11)16)8-14(18)17-6-7-21-9-13(17)15(19)20/h2-5,10,13H,6-9H2,1H3,(H,19,20)/t10-,13+/m0/s1. The summed E-state index contributed by atoms with van der Waals surface area (Å²) >= 11 is 0. The molecule has 1 fully saturated rings. The Bertz CT molecular complexity index is 534. The summed E-state index contributed by atoms with van der Waals surface area (Å²) in [4.78, 5) is 24.7. The Hall–Kier alpha value is -1.95. The summed E-state index contributed by atoms with van der Waals surface area (Å²) in [7, 11) is 0. The first kappa shape index (κ1) is 15.4. The zero-order valence-corrected chi connectivity index (χ0v) is 11.8. The highest BCUT2D eigenvalue weighted by molar-refractivity contribution is 5.84. The van der Waals surface area contributed by atoms with Crippen LogP contribution in [-0.2, 0) is 14.3 Å². The average molecular weight is 295 g/mol. The number of nitrogens with zero attached hydrogens (tertiary/aromatic N) is 1. The van der Waals surface area contributed by atoms with Gasteiger partial charge in [-0.25, -0.2) is 9.18 Å². The number of hydrogen-bond donors (Lipinski definition) is 1. The highest BCUT2D eigenvalue weighted by Gasteiger charge is 2.33. The maximum absolute atomic E-state index is 13.7. The van der Waals surface area contributed by atoms with Crippen molar-refractivity contribution in [2.75, 3.05) is 19.8 Å². The summed E-state index contributed by atoms with van der Waals surface area (Å²) in [5, 5.41) is 9.12. The molecule has 5 nitrogen and oxygen atoms in total. The maximum Gasteiger partial charge on any atom is 0.328 e. The number of carbonyl (C=O) groups excluding carboxylic acids is 1. The molecule has 1 aromatic rings. The summed E-state index contributed by atoms with van der Waals surface area (Å²) in [5.74, 6) is -2.03. The van der Waals surface area contributed by atoms with Gasteiger partial charge in [0.2, 0.25) is 5.91 Å². The predicted octanol–water partition coefficient (Wildman–Crippen LogP) is 1.63. The van der Waals surface area contributed by atoms with E-state index in [4.69, 9.17) is 9.84 Å². The second-order valence-electron chi connectivity index (χ2n) is 5.14. The van der Waals surface area contributed by atoms with Gasteiger partial charge in [0, 0.05) is 13.0 Å². The molecule has 0 aromatic heterocycles. The van der Waals surface area contributed by atoms with E-state index < -0.39 is 12.0 Å². The summed E-state index contributed by atoms with van der Waals surface area (Å²) in [5.41, 5.74) is 0.464. The van der Waals surface area contributed by atoms with E-state index in [9.17, 15) is 14.0 Å². The van der Waals surface area contributed by atoms with E-state index in [-0.39, 0.29) is 37.2 Å². The van der Waals surface area contributed by atoms with Crippen molar-refractivity contribution in [2.24, 2.45) is 0 Å². The largest absolute Gasteiger partial charge is 0.480 e. The molecule has 0 unspecified atom stereocenters. The minimum Gasteiger partial charge on any atom is -0.480 e. The second-order valence-corrected chi connectivity index (χ2v) is 5.14. The van der Waals surface area contributed by atoms with Crippen LogP contribution in [0.15, 0.2) is 24.3 Å². The number of benzene rings is 1. The van der Waals surface area contributed by atoms with Gasteiger partial charge >= 0.3 is 5.97 Å². The highest BCUT2D eigenvalue weighted by atomic mass is 19.1. The fraction of sp³-hybridized carbons (Fsp3) is 0.467. The highest BCUT2D eigenvalue weighted by Crippen LogP contribution is 2.23. The molecule has 0 bridgehead atoms. The van der Waals surface area contributed by atoms with Crippen molar-refractivity contribution < 1.29 is 23.8 Å². The van der Waals surface area contributed by atoms with Crippen molar-refractivity contribution in [1.29, 1.82) is 0 Å². The number of morpholine rings is 1. The van der Waals surface area contributed by atoms with E-state index >= 15 is 0 Å². The SMILES string of the molecule is C[C@@H](CC(=O)N1CCOC[C@@H]1C(=O)O)c1ccccc1F. The Kier molecular flexibility index (Phi) is 4.90. The molecule has 1 saturated heterocycles. The Morgan fingerprint density at radius 1 is 1.48 bits per heavy atom. The topological polar surface area (TPSA) is 66.8 Å². The van der Waals surface area contributed by atoms with Crippen LogP contribution in [0.3, 0.4) is 0 Å². The fourth-order valence-corrected chi connectivity index (χ4v) is 2.47. The van der Waals surface area contributed by atoms with Crippen molar-refractivity contribution in [3.05, 3.63) is 35.6 Å². The van der Waals surface area contributed by atoms with Crippen LogP contribution in [0.2, 0.25) is 0 Å². The number of hydrogen-bond acceptors (Lipinski definition) is 3. The molecular formula is C15H18FNO4. The van der Waals surface area contributed by atoms with Crippen LogP contribution >= 0.6 is 0 Å². The van der Waals surface area contributed by atoms with Crippen LogP contribution in [0.5, 0.6) is 0 Å². The van der Waals surface area contributed by atoms with Crippen LogP contribution in [0.1, 0.15) is 24.8 Å². The second kappa shape index (κ2) is 6.67. The summed E-state index contributed by atoms with van der Waals surface area (Å²) in [6.07, 6.45) is 0.0741. The Balaban J connectivity index is 2.06. The third-order valence-corrected chi connectivity index (χ3v) is 3.65.